The van der Waals surface area contributed by atoms with Gasteiger partial charge in [-0.3, -0.25) is 4.79 Å². The Hall–Kier alpha value is -3.08. The summed E-state index contributed by atoms with van der Waals surface area (Å²) in [5.41, 5.74) is 2.72. The van der Waals surface area contributed by atoms with Gasteiger partial charge < -0.3 is 15.0 Å². The molecule has 0 saturated carbocycles. The normalized spacial score (nSPS) is 19.5. The van der Waals surface area contributed by atoms with Gasteiger partial charge in [0.25, 0.3) is 0 Å². The molecule has 2 aromatic rings. The van der Waals surface area contributed by atoms with E-state index in [2.05, 4.69) is 5.32 Å². The highest BCUT2D eigenvalue weighted by atomic mass is 16.6. The zero-order valence-electron chi connectivity index (χ0n) is 14.7. The number of carbonyl (C=O) groups is 2. The molecule has 1 fully saturated rings. The second-order valence-electron chi connectivity index (χ2n) is 6.62. The number of likely N-dealkylation sites (N-methyl/N-ethyl adjacent to an activating group) is 1. The summed E-state index contributed by atoms with van der Waals surface area (Å²) in [6, 6.07) is 15.3. The van der Waals surface area contributed by atoms with Gasteiger partial charge in [0, 0.05) is 25.2 Å². The quantitative estimate of drug-likeness (QED) is 0.908. The monoisotopic (exact) mass is 348 g/mol. The predicted octanol–water partition coefficient (Wildman–Crippen LogP) is 3.00. The highest BCUT2D eigenvalue weighted by Crippen LogP contribution is 2.49. The van der Waals surface area contributed by atoms with Gasteiger partial charge in [-0.25, -0.2) is 4.79 Å². The molecule has 5 nitrogen and oxygen atoms in total. The van der Waals surface area contributed by atoms with Crippen LogP contribution in [0, 0.1) is 0 Å². The number of nitrogens with zero attached hydrogens (tertiary/aromatic N) is 1. The second kappa shape index (κ2) is 6.02. The van der Waals surface area contributed by atoms with Gasteiger partial charge in [0.15, 0.2) is 5.60 Å². The van der Waals surface area contributed by atoms with E-state index in [1.165, 1.54) is 4.90 Å². The fourth-order valence-corrected chi connectivity index (χ4v) is 3.99. The van der Waals surface area contributed by atoms with Gasteiger partial charge in [0.05, 0.1) is 12.5 Å². The number of rotatable bonds is 2. The first-order chi connectivity index (χ1) is 12.6. The lowest BCUT2D eigenvalue weighted by molar-refractivity contribution is -0.122. The molecule has 1 N–H and O–H groups in total. The zero-order valence-corrected chi connectivity index (χ0v) is 14.7. The van der Waals surface area contributed by atoms with Crippen LogP contribution in [0.2, 0.25) is 0 Å². The largest absolute Gasteiger partial charge is 0.431 e. The molecule has 1 spiro atoms. The number of fused-ring (bicyclic) bond motifs is 4. The van der Waals surface area contributed by atoms with Crippen molar-refractivity contribution in [2.24, 2.45) is 0 Å². The minimum absolute atomic E-state index is 0.133. The summed E-state index contributed by atoms with van der Waals surface area (Å²) in [6.07, 6.45) is 3.80. The van der Waals surface area contributed by atoms with Crippen LogP contribution in [0.1, 0.15) is 28.7 Å². The summed E-state index contributed by atoms with van der Waals surface area (Å²) in [5, 5.41) is 2.66. The van der Waals surface area contributed by atoms with E-state index in [4.69, 9.17) is 4.74 Å². The first-order valence-electron chi connectivity index (χ1n) is 8.61. The predicted molar refractivity (Wildman–Crippen MR) is 99.3 cm³/mol. The van der Waals surface area contributed by atoms with Crippen LogP contribution in [-0.4, -0.2) is 37.0 Å². The first kappa shape index (κ1) is 16.4. The van der Waals surface area contributed by atoms with Gasteiger partial charge in [-0.15, -0.1) is 0 Å². The van der Waals surface area contributed by atoms with E-state index in [-0.39, 0.29) is 12.3 Å². The molecule has 1 atom stereocenters. The zero-order chi connectivity index (χ0) is 18.3. The van der Waals surface area contributed by atoms with Crippen molar-refractivity contribution in [1.82, 2.24) is 10.2 Å². The number of carbonyl (C=O) groups excluding carboxylic acids is 2. The van der Waals surface area contributed by atoms with Crippen LogP contribution in [0.25, 0.3) is 12.2 Å². The smallest absolute Gasteiger partial charge is 0.411 e. The van der Waals surface area contributed by atoms with Gasteiger partial charge in [0.1, 0.15) is 0 Å². The van der Waals surface area contributed by atoms with Crippen molar-refractivity contribution in [3.8, 4) is 0 Å². The van der Waals surface area contributed by atoms with E-state index < -0.39 is 17.7 Å². The Kier molecular flexibility index (Phi) is 3.80. The SMILES string of the molecule is CNC(=O)C[C@@H]1N(C)C(=O)OC12c1ccccc1C=Cc1ccccc12. The Labute approximate surface area is 152 Å². The van der Waals surface area contributed by atoms with Gasteiger partial charge in [-0.1, -0.05) is 60.7 Å². The molecule has 5 heteroatoms. The summed E-state index contributed by atoms with van der Waals surface area (Å²) < 4.78 is 6.06. The molecule has 4 rings (SSSR count). The van der Waals surface area contributed by atoms with Crippen molar-refractivity contribution in [1.29, 1.82) is 0 Å². The van der Waals surface area contributed by atoms with Crippen LogP contribution in [-0.2, 0) is 15.1 Å². The highest BCUT2D eigenvalue weighted by molar-refractivity contribution is 5.84. The van der Waals surface area contributed by atoms with Crippen molar-refractivity contribution in [2.75, 3.05) is 14.1 Å². The maximum Gasteiger partial charge on any atom is 0.411 e. The Bertz CT molecular complexity index is 869. The number of hydrogen-bond donors (Lipinski definition) is 1. The molecule has 0 aromatic heterocycles. The molecule has 2 aliphatic rings. The Morgan fingerprint density at radius 1 is 1.08 bits per heavy atom. The number of nitrogens with one attached hydrogen (secondary N) is 1. The molecule has 2 aromatic carbocycles. The molecule has 1 saturated heterocycles. The van der Waals surface area contributed by atoms with Crippen LogP contribution in [0.5, 0.6) is 0 Å². The fourth-order valence-electron chi connectivity index (χ4n) is 3.99. The minimum atomic E-state index is -1.03. The first-order valence-corrected chi connectivity index (χ1v) is 8.61. The summed E-state index contributed by atoms with van der Waals surface area (Å²) in [6.45, 7) is 0. The maximum atomic E-state index is 12.6. The molecule has 0 radical (unpaired) electrons. The molecule has 2 amide bonds. The summed E-state index contributed by atoms with van der Waals surface area (Å²) in [4.78, 5) is 26.4. The number of benzene rings is 2. The van der Waals surface area contributed by atoms with Crippen LogP contribution in [0.4, 0.5) is 4.79 Å². The number of ether oxygens (including phenoxy) is 1. The van der Waals surface area contributed by atoms with Crippen LogP contribution < -0.4 is 5.32 Å². The lowest BCUT2D eigenvalue weighted by Gasteiger charge is -2.36. The van der Waals surface area contributed by atoms with E-state index in [0.717, 1.165) is 22.3 Å². The van der Waals surface area contributed by atoms with Gasteiger partial charge in [0.2, 0.25) is 5.91 Å². The lowest BCUT2D eigenvalue weighted by atomic mass is 9.76. The van der Waals surface area contributed by atoms with Gasteiger partial charge >= 0.3 is 6.09 Å². The third-order valence-corrected chi connectivity index (χ3v) is 5.29. The molecule has 132 valence electrons. The van der Waals surface area contributed by atoms with Crippen molar-refractivity contribution < 1.29 is 14.3 Å². The Balaban J connectivity index is 2.02. The van der Waals surface area contributed by atoms with Gasteiger partial charge in [-0.05, 0) is 11.1 Å². The van der Waals surface area contributed by atoms with Crippen molar-refractivity contribution in [2.45, 2.75) is 18.1 Å². The lowest BCUT2D eigenvalue weighted by Crippen LogP contribution is -2.46. The van der Waals surface area contributed by atoms with E-state index >= 15 is 0 Å². The molecule has 1 aliphatic heterocycles. The third-order valence-electron chi connectivity index (χ3n) is 5.29. The topological polar surface area (TPSA) is 58.6 Å². The highest BCUT2D eigenvalue weighted by Gasteiger charge is 2.57. The van der Waals surface area contributed by atoms with E-state index in [0.29, 0.717) is 0 Å². The molecular formula is C21H20N2O3. The molecule has 26 heavy (non-hydrogen) atoms. The molecule has 1 heterocycles. The summed E-state index contributed by atoms with van der Waals surface area (Å²) >= 11 is 0. The summed E-state index contributed by atoms with van der Waals surface area (Å²) in [5.74, 6) is -0.133. The minimum Gasteiger partial charge on any atom is -0.431 e. The second-order valence-corrected chi connectivity index (χ2v) is 6.62. The number of hydrogen-bond acceptors (Lipinski definition) is 3. The van der Waals surface area contributed by atoms with Crippen molar-refractivity contribution in [3.63, 3.8) is 0 Å². The van der Waals surface area contributed by atoms with Crippen molar-refractivity contribution >= 4 is 24.2 Å². The van der Waals surface area contributed by atoms with E-state index in [1.807, 2.05) is 60.7 Å². The molecule has 0 bridgehead atoms. The molecule has 1 aliphatic carbocycles. The third kappa shape index (κ3) is 2.24. The fraction of sp³-hybridized carbons (Fsp3) is 0.238. The average Bonchev–Trinajstić information content (AvgIpc) is 2.83. The average molecular weight is 348 g/mol. The van der Waals surface area contributed by atoms with Crippen LogP contribution in [0.15, 0.2) is 48.5 Å². The van der Waals surface area contributed by atoms with Gasteiger partial charge in [-0.2, -0.15) is 0 Å². The van der Waals surface area contributed by atoms with Crippen LogP contribution >= 0.6 is 0 Å². The van der Waals surface area contributed by atoms with Crippen molar-refractivity contribution in [3.05, 3.63) is 70.8 Å². The van der Waals surface area contributed by atoms with Crippen LogP contribution in [0.3, 0.4) is 0 Å². The van der Waals surface area contributed by atoms with E-state index in [9.17, 15) is 9.59 Å². The standard InChI is InChI=1S/C21H20N2O3/c1-22-19(24)13-18-21(26-20(25)23(18)2)16-9-5-3-7-14(16)11-12-15-8-4-6-10-17(15)21/h3-12,18H,13H2,1-2H3,(H,22,24)/t18-/m0/s1. The summed E-state index contributed by atoms with van der Waals surface area (Å²) in [7, 11) is 3.29. The number of amides is 2. The Morgan fingerprint density at radius 3 is 2.15 bits per heavy atom. The molecular weight excluding hydrogens is 328 g/mol. The maximum absolute atomic E-state index is 12.6. The molecule has 0 unspecified atom stereocenters. The Morgan fingerprint density at radius 2 is 1.62 bits per heavy atom. The van der Waals surface area contributed by atoms with E-state index in [1.54, 1.807) is 14.1 Å².